The van der Waals surface area contributed by atoms with Crippen LogP contribution in [0.4, 0.5) is 5.82 Å². The summed E-state index contributed by atoms with van der Waals surface area (Å²) >= 11 is 0. The number of primary amides is 1. The van der Waals surface area contributed by atoms with Crippen molar-refractivity contribution in [1.82, 2.24) is 24.5 Å². The van der Waals surface area contributed by atoms with Gasteiger partial charge in [0.15, 0.2) is 0 Å². The SMILES string of the molecule is CC#CC(=O)N1CCCC(n2nc(-c3cn(Cc4cccc(C)c4)nc3C)c(C(N)=O)c2N)CCC1. The first-order valence-electron chi connectivity index (χ1n) is 12.3. The minimum Gasteiger partial charge on any atom is -0.383 e. The Morgan fingerprint density at radius 2 is 1.86 bits per heavy atom. The average Bonchev–Trinajstić information content (AvgIpc) is 3.33. The van der Waals surface area contributed by atoms with Crippen LogP contribution in [0.15, 0.2) is 30.5 Å². The van der Waals surface area contributed by atoms with Crippen LogP contribution in [0.3, 0.4) is 0 Å². The molecule has 0 atom stereocenters. The van der Waals surface area contributed by atoms with Gasteiger partial charge in [-0.2, -0.15) is 10.2 Å². The van der Waals surface area contributed by atoms with Crippen LogP contribution in [-0.2, 0) is 11.3 Å². The summed E-state index contributed by atoms with van der Waals surface area (Å²) in [7, 11) is 0. The molecule has 3 aromatic rings. The lowest BCUT2D eigenvalue weighted by atomic mass is 10.0. The number of nitrogens with two attached hydrogens (primary N) is 2. The van der Waals surface area contributed by atoms with Gasteiger partial charge in [0.25, 0.3) is 11.8 Å². The summed E-state index contributed by atoms with van der Waals surface area (Å²) in [6.45, 7) is 7.48. The minimum absolute atomic E-state index is 0.00834. The number of nitrogens with zero attached hydrogens (tertiary/aromatic N) is 5. The van der Waals surface area contributed by atoms with Crippen molar-refractivity contribution in [1.29, 1.82) is 0 Å². The van der Waals surface area contributed by atoms with Gasteiger partial charge in [0.1, 0.15) is 17.1 Å². The van der Waals surface area contributed by atoms with Crippen LogP contribution < -0.4 is 11.5 Å². The van der Waals surface area contributed by atoms with E-state index in [1.165, 1.54) is 5.56 Å². The molecule has 0 unspecified atom stereocenters. The molecule has 36 heavy (non-hydrogen) atoms. The molecule has 188 valence electrons. The van der Waals surface area contributed by atoms with E-state index < -0.39 is 5.91 Å². The zero-order valence-electron chi connectivity index (χ0n) is 21.1. The number of nitrogen functional groups attached to an aromatic ring is 1. The van der Waals surface area contributed by atoms with Crippen molar-refractivity contribution in [3.63, 3.8) is 0 Å². The molecular formula is C27H33N7O2. The van der Waals surface area contributed by atoms with Crippen molar-refractivity contribution in [2.24, 2.45) is 5.73 Å². The fraction of sp³-hybridized carbons (Fsp3) is 0.407. The fourth-order valence-electron chi connectivity index (χ4n) is 4.91. The summed E-state index contributed by atoms with van der Waals surface area (Å²) in [6.07, 6.45) is 5.02. The highest BCUT2D eigenvalue weighted by molar-refractivity contribution is 6.03. The number of hydrogen-bond donors (Lipinski definition) is 2. The molecule has 0 saturated carbocycles. The molecule has 3 heterocycles. The Morgan fingerprint density at radius 1 is 1.14 bits per heavy atom. The topological polar surface area (TPSA) is 125 Å². The smallest absolute Gasteiger partial charge is 0.298 e. The van der Waals surface area contributed by atoms with E-state index in [9.17, 15) is 9.59 Å². The number of rotatable bonds is 5. The maximum absolute atomic E-state index is 12.5. The summed E-state index contributed by atoms with van der Waals surface area (Å²) in [5.74, 6) is 4.83. The number of amides is 2. The van der Waals surface area contributed by atoms with E-state index in [0.717, 1.165) is 42.5 Å². The molecule has 1 saturated heterocycles. The quantitative estimate of drug-likeness (QED) is 0.535. The number of carbonyl (C=O) groups excluding carboxylic acids is 2. The highest BCUT2D eigenvalue weighted by Gasteiger charge is 2.28. The fourth-order valence-corrected chi connectivity index (χ4v) is 4.91. The van der Waals surface area contributed by atoms with Gasteiger partial charge in [-0.15, -0.1) is 0 Å². The van der Waals surface area contributed by atoms with Crippen molar-refractivity contribution < 1.29 is 9.59 Å². The molecule has 4 rings (SSSR count). The summed E-state index contributed by atoms with van der Waals surface area (Å²) in [5.41, 5.74) is 16.7. The van der Waals surface area contributed by atoms with Crippen molar-refractivity contribution >= 4 is 17.6 Å². The molecule has 0 aliphatic carbocycles. The zero-order chi connectivity index (χ0) is 25.8. The lowest BCUT2D eigenvalue weighted by molar-refractivity contribution is -0.125. The number of aromatic nitrogens is 4. The summed E-state index contributed by atoms with van der Waals surface area (Å²) in [4.78, 5) is 26.4. The van der Waals surface area contributed by atoms with E-state index in [2.05, 4.69) is 42.1 Å². The maximum atomic E-state index is 12.5. The molecular weight excluding hydrogens is 454 g/mol. The molecule has 2 aromatic heterocycles. The molecule has 0 radical (unpaired) electrons. The van der Waals surface area contributed by atoms with Crippen LogP contribution in [0.1, 0.15) is 65.8 Å². The largest absolute Gasteiger partial charge is 0.383 e. The Bertz CT molecular complexity index is 1330. The van der Waals surface area contributed by atoms with Gasteiger partial charge in [-0.05, 0) is 57.9 Å². The highest BCUT2D eigenvalue weighted by Crippen LogP contribution is 2.34. The van der Waals surface area contributed by atoms with Gasteiger partial charge in [0.05, 0.1) is 18.3 Å². The van der Waals surface area contributed by atoms with E-state index in [1.807, 2.05) is 23.9 Å². The Balaban J connectivity index is 1.61. The predicted molar refractivity (Wildman–Crippen MR) is 139 cm³/mol. The van der Waals surface area contributed by atoms with Gasteiger partial charge in [0, 0.05) is 24.8 Å². The second-order valence-corrected chi connectivity index (χ2v) is 9.34. The number of aryl methyl sites for hydroxylation is 2. The average molecular weight is 488 g/mol. The van der Waals surface area contributed by atoms with Crippen LogP contribution in [-0.4, -0.2) is 49.4 Å². The summed E-state index contributed by atoms with van der Waals surface area (Å²) in [6, 6.07) is 8.27. The summed E-state index contributed by atoms with van der Waals surface area (Å²) in [5, 5.41) is 9.47. The van der Waals surface area contributed by atoms with E-state index >= 15 is 0 Å². The van der Waals surface area contributed by atoms with Gasteiger partial charge in [-0.3, -0.25) is 14.3 Å². The molecule has 0 bridgehead atoms. The molecule has 9 heteroatoms. The van der Waals surface area contributed by atoms with Crippen LogP contribution >= 0.6 is 0 Å². The van der Waals surface area contributed by atoms with Crippen molar-refractivity contribution in [3.05, 3.63) is 52.8 Å². The zero-order valence-corrected chi connectivity index (χ0v) is 21.1. The second-order valence-electron chi connectivity index (χ2n) is 9.34. The first kappa shape index (κ1) is 25.0. The van der Waals surface area contributed by atoms with Crippen molar-refractivity contribution in [2.45, 2.75) is 59.0 Å². The van der Waals surface area contributed by atoms with E-state index in [1.54, 1.807) is 16.5 Å². The molecule has 9 nitrogen and oxygen atoms in total. The lowest BCUT2D eigenvalue weighted by Gasteiger charge is -2.27. The van der Waals surface area contributed by atoms with Crippen LogP contribution in [0.2, 0.25) is 0 Å². The Labute approximate surface area is 211 Å². The van der Waals surface area contributed by atoms with Gasteiger partial charge in [-0.1, -0.05) is 35.7 Å². The van der Waals surface area contributed by atoms with E-state index in [0.29, 0.717) is 25.3 Å². The molecule has 1 aromatic carbocycles. The Kier molecular flexibility index (Phi) is 7.44. The standard InChI is InChI=1S/C27H33N7O2/c1-4-8-23(35)32-13-6-11-21(12-7-14-32)34-26(28)24(27(29)36)25(31-34)22-17-33(30-19(22)3)16-20-10-5-9-18(2)15-20/h5,9-10,15,17,21H,6-7,11-14,16,28H2,1-3H3,(H2,29,36). The number of benzene rings is 1. The second kappa shape index (κ2) is 10.7. The molecule has 1 fully saturated rings. The van der Waals surface area contributed by atoms with Gasteiger partial charge >= 0.3 is 0 Å². The van der Waals surface area contributed by atoms with E-state index in [-0.39, 0.29) is 23.3 Å². The van der Waals surface area contributed by atoms with Crippen molar-refractivity contribution in [2.75, 3.05) is 18.8 Å². The molecule has 4 N–H and O–H groups in total. The first-order valence-corrected chi connectivity index (χ1v) is 12.3. The maximum Gasteiger partial charge on any atom is 0.298 e. The third-order valence-corrected chi connectivity index (χ3v) is 6.62. The number of carbonyl (C=O) groups is 2. The summed E-state index contributed by atoms with van der Waals surface area (Å²) < 4.78 is 3.59. The minimum atomic E-state index is -0.611. The number of anilines is 1. The number of hydrogen-bond acceptors (Lipinski definition) is 5. The van der Waals surface area contributed by atoms with Crippen LogP contribution in [0.5, 0.6) is 0 Å². The van der Waals surface area contributed by atoms with Crippen LogP contribution in [0.25, 0.3) is 11.3 Å². The van der Waals surface area contributed by atoms with Crippen LogP contribution in [0, 0.1) is 25.7 Å². The normalized spacial score (nSPS) is 14.6. The van der Waals surface area contributed by atoms with Crippen molar-refractivity contribution in [3.8, 4) is 23.1 Å². The van der Waals surface area contributed by atoms with Gasteiger partial charge in [0.2, 0.25) is 0 Å². The monoisotopic (exact) mass is 487 g/mol. The molecule has 0 spiro atoms. The number of likely N-dealkylation sites (tertiary alicyclic amines) is 1. The Hall–Kier alpha value is -4.06. The lowest BCUT2D eigenvalue weighted by Crippen LogP contribution is -2.34. The van der Waals surface area contributed by atoms with Gasteiger partial charge in [-0.25, -0.2) is 4.68 Å². The van der Waals surface area contributed by atoms with Gasteiger partial charge < -0.3 is 16.4 Å². The van der Waals surface area contributed by atoms with E-state index in [4.69, 9.17) is 16.6 Å². The molecule has 1 aliphatic heterocycles. The Morgan fingerprint density at radius 3 is 2.50 bits per heavy atom. The first-order chi connectivity index (χ1) is 17.3. The predicted octanol–water partition coefficient (Wildman–Crippen LogP) is 3.06. The molecule has 1 aliphatic rings. The third-order valence-electron chi connectivity index (χ3n) is 6.62. The third kappa shape index (κ3) is 5.28. The molecule has 2 amide bonds. The highest BCUT2D eigenvalue weighted by atomic mass is 16.2.